The van der Waals surface area contributed by atoms with Gasteiger partial charge in [-0.15, -0.1) is 10.2 Å². The van der Waals surface area contributed by atoms with Gasteiger partial charge in [-0.05, 0) is 24.1 Å². The minimum Gasteiger partial charge on any atom is -0.336 e. The molecule has 108 valence electrons. The fraction of sp³-hybridized carbons (Fsp3) is 0.385. The lowest BCUT2D eigenvalue weighted by Crippen LogP contribution is -2.14. The van der Waals surface area contributed by atoms with Crippen LogP contribution < -0.4 is 5.84 Å². The second kappa shape index (κ2) is 7.20. The van der Waals surface area contributed by atoms with Crippen molar-refractivity contribution in [3.05, 3.63) is 39.6 Å². The van der Waals surface area contributed by atoms with Crippen LogP contribution >= 0.6 is 35.0 Å². The molecule has 7 heteroatoms. The van der Waals surface area contributed by atoms with Crippen LogP contribution in [0.25, 0.3) is 0 Å². The quantitative estimate of drug-likeness (QED) is 0.643. The van der Waals surface area contributed by atoms with Crippen molar-refractivity contribution in [3.63, 3.8) is 0 Å². The van der Waals surface area contributed by atoms with Gasteiger partial charge in [0.1, 0.15) is 0 Å². The summed E-state index contributed by atoms with van der Waals surface area (Å²) in [6, 6.07) is 5.47. The van der Waals surface area contributed by atoms with Gasteiger partial charge in [-0.25, -0.2) is 4.68 Å². The summed E-state index contributed by atoms with van der Waals surface area (Å²) in [5.74, 6) is 7.41. The molecular formula is C13H16Cl2N4S. The smallest absolute Gasteiger partial charge is 0.210 e. The number of rotatable bonds is 6. The largest absolute Gasteiger partial charge is 0.336 e. The molecular weight excluding hydrogens is 315 g/mol. The average Bonchev–Trinajstić information content (AvgIpc) is 2.77. The molecule has 4 nitrogen and oxygen atoms in total. The molecule has 0 bridgehead atoms. The number of aromatic nitrogens is 3. The molecule has 0 aliphatic carbocycles. The molecule has 0 saturated heterocycles. The highest BCUT2D eigenvalue weighted by Crippen LogP contribution is 2.30. The highest BCUT2D eigenvalue weighted by molar-refractivity contribution is 7.98. The summed E-state index contributed by atoms with van der Waals surface area (Å²) in [5, 5.41) is 10.2. The fourth-order valence-electron chi connectivity index (χ4n) is 1.72. The van der Waals surface area contributed by atoms with Gasteiger partial charge in [0.15, 0.2) is 5.82 Å². The van der Waals surface area contributed by atoms with Crippen LogP contribution in [-0.2, 0) is 12.2 Å². The van der Waals surface area contributed by atoms with Crippen molar-refractivity contribution < 1.29 is 0 Å². The summed E-state index contributed by atoms with van der Waals surface area (Å²) < 4.78 is 1.55. The van der Waals surface area contributed by atoms with Crippen molar-refractivity contribution >= 4 is 35.0 Å². The first-order chi connectivity index (χ1) is 9.63. The zero-order valence-corrected chi connectivity index (χ0v) is 13.5. The SMILES string of the molecule is CCCCc1nnc(SCc2c(Cl)cccc2Cl)n1N. The van der Waals surface area contributed by atoms with Gasteiger partial charge in [-0.3, -0.25) is 0 Å². The molecule has 0 fully saturated rings. The number of halogens is 2. The van der Waals surface area contributed by atoms with Gasteiger partial charge in [0.05, 0.1) is 0 Å². The molecule has 0 aliphatic rings. The second-order valence-corrected chi connectivity index (χ2v) is 6.12. The highest BCUT2D eigenvalue weighted by atomic mass is 35.5. The Morgan fingerprint density at radius 3 is 2.60 bits per heavy atom. The summed E-state index contributed by atoms with van der Waals surface area (Å²) in [5.41, 5.74) is 0.888. The van der Waals surface area contributed by atoms with Gasteiger partial charge in [-0.1, -0.05) is 54.4 Å². The number of thioether (sulfide) groups is 1. The lowest BCUT2D eigenvalue weighted by Gasteiger charge is -2.06. The normalized spacial score (nSPS) is 10.9. The molecule has 0 aliphatic heterocycles. The molecule has 2 N–H and O–H groups in total. The van der Waals surface area contributed by atoms with Crippen molar-refractivity contribution in [2.24, 2.45) is 0 Å². The Balaban J connectivity index is 2.06. The molecule has 0 saturated carbocycles. The van der Waals surface area contributed by atoms with E-state index < -0.39 is 0 Å². The van der Waals surface area contributed by atoms with Crippen molar-refractivity contribution in [2.45, 2.75) is 37.1 Å². The molecule has 0 spiro atoms. The Kier molecular flexibility index (Phi) is 5.57. The number of hydrogen-bond acceptors (Lipinski definition) is 4. The van der Waals surface area contributed by atoms with Crippen molar-refractivity contribution in [2.75, 3.05) is 5.84 Å². The Hall–Kier alpha value is -0.910. The van der Waals surface area contributed by atoms with Crippen LogP contribution in [0.3, 0.4) is 0 Å². The summed E-state index contributed by atoms with van der Waals surface area (Å²) in [4.78, 5) is 0. The Bertz CT molecular complexity index is 565. The van der Waals surface area contributed by atoms with Gasteiger partial charge in [0.2, 0.25) is 5.16 Å². The van der Waals surface area contributed by atoms with E-state index in [1.807, 2.05) is 18.2 Å². The Morgan fingerprint density at radius 1 is 1.25 bits per heavy atom. The van der Waals surface area contributed by atoms with Gasteiger partial charge >= 0.3 is 0 Å². The maximum Gasteiger partial charge on any atom is 0.210 e. The van der Waals surface area contributed by atoms with E-state index >= 15 is 0 Å². The van der Waals surface area contributed by atoms with Gasteiger partial charge < -0.3 is 5.84 Å². The lowest BCUT2D eigenvalue weighted by molar-refractivity contribution is 0.712. The Labute approximate surface area is 132 Å². The third kappa shape index (κ3) is 3.59. The predicted molar refractivity (Wildman–Crippen MR) is 84.8 cm³/mol. The zero-order valence-electron chi connectivity index (χ0n) is 11.1. The third-order valence-electron chi connectivity index (χ3n) is 2.90. The topological polar surface area (TPSA) is 56.7 Å². The number of unbranched alkanes of at least 4 members (excludes halogenated alkanes) is 1. The molecule has 1 heterocycles. The van der Waals surface area contributed by atoms with E-state index in [9.17, 15) is 0 Å². The van der Waals surface area contributed by atoms with E-state index in [1.165, 1.54) is 11.8 Å². The number of nitrogens with zero attached hydrogens (tertiary/aromatic N) is 3. The van der Waals surface area contributed by atoms with E-state index in [0.717, 1.165) is 30.7 Å². The second-order valence-electron chi connectivity index (χ2n) is 4.36. The maximum absolute atomic E-state index is 6.14. The summed E-state index contributed by atoms with van der Waals surface area (Å²) in [6.07, 6.45) is 2.99. The van der Waals surface area contributed by atoms with Crippen LogP contribution in [0, 0.1) is 0 Å². The Morgan fingerprint density at radius 2 is 1.95 bits per heavy atom. The van der Waals surface area contributed by atoms with Crippen molar-refractivity contribution in [3.8, 4) is 0 Å². The van der Waals surface area contributed by atoms with Gasteiger partial charge in [0.25, 0.3) is 0 Å². The fourth-order valence-corrected chi connectivity index (χ4v) is 3.33. The predicted octanol–water partition coefficient (Wildman–Crippen LogP) is 3.93. The molecule has 0 atom stereocenters. The maximum atomic E-state index is 6.14. The summed E-state index contributed by atoms with van der Waals surface area (Å²) >= 11 is 13.8. The minimum absolute atomic E-state index is 0.613. The van der Waals surface area contributed by atoms with Gasteiger partial charge in [-0.2, -0.15) is 0 Å². The highest BCUT2D eigenvalue weighted by Gasteiger charge is 2.12. The monoisotopic (exact) mass is 330 g/mol. The third-order valence-corrected chi connectivity index (χ3v) is 4.57. The molecule has 0 radical (unpaired) electrons. The van der Waals surface area contributed by atoms with Crippen molar-refractivity contribution in [1.82, 2.24) is 14.9 Å². The average molecular weight is 331 g/mol. The standard InChI is InChI=1S/C13H16Cl2N4S/c1-2-3-7-12-17-18-13(19(12)16)20-8-9-10(14)5-4-6-11(9)15/h4-6H,2-3,7-8,16H2,1H3. The number of aryl methyl sites for hydroxylation is 1. The molecule has 1 aromatic heterocycles. The number of nitrogens with two attached hydrogens (primary N) is 1. The lowest BCUT2D eigenvalue weighted by atomic mass is 10.2. The first-order valence-electron chi connectivity index (χ1n) is 6.38. The van der Waals surface area contributed by atoms with Crippen LogP contribution in [-0.4, -0.2) is 14.9 Å². The summed E-state index contributed by atoms with van der Waals surface area (Å²) in [6.45, 7) is 2.13. The van der Waals surface area contributed by atoms with Gasteiger partial charge in [0, 0.05) is 22.2 Å². The number of benzene rings is 1. The molecule has 20 heavy (non-hydrogen) atoms. The number of nitrogen functional groups attached to an aromatic ring is 1. The van der Waals surface area contributed by atoms with E-state index in [-0.39, 0.29) is 0 Å². The first kappa shape index (κ1) is 15.5. The molecule has 0 unspecified atom stereocenters. The van der Waals surface area contributed by atoms with Crippen molar-refractivity contribution in [1.29, 1.82) is 0 Å². The van der Waals surface area contributed by atoms with Crippen LogP contribution in [0.2, 0.25) is 10.0 Å². The zero-order chi connectivity index (χ0) is 14.5. The van der Waals surface area contributed by atoms with E-state index in [0.29, 0.717) is 21.0 Å². The number of hydrogen-bond donors (Lipinski definition) is 1. The molecule has 2 rings (SSSR count). The molecule has 2 aromatic rings. The molecule has 1 aromatic carbocycles. The first-order valence-corrected chi connectivity index (χ1v) is 8.12. The van der Waals surface area contributed by atoms with E-state index in [1.54, 1.807) is 4.68 Å². The van der Waals surface area contributed by atoms with Crippen LogP contribution in [0.4, 0.5) is 0 Å². The van der Waals surface area contributed by atoms with E-state index in [4.69, 9.17) is 29.0 Å². The summed E-state index contributed by atoms with van der Waals surface area (Å²) in [7, 11) is 0. The molecule has 0 amide bonds. The minimum atomic E-state index is 0.613. The van der Waals surface area contributed by atoms with Crippen LogP contribution in [0.1, 0.15) is 31.2 Å². The van der Waals surface area contributed by atoms with Crippen LogP contribution in [0.15, 0.2) is 23.4 Å². The van der Waals surface area contributed by atoms with E-state index in [2.05, 4.69) is 17.1 Å². The van der Waals surface area contributed by atoms with Crippen LogP contribution in [0.5, 0.6) is 0 Å².